The van der Waals surface area contributed by atoms with Gasteiger partial charge in [0.05, 0.1) is 5.41 Å². The molecular weight excluding hydrogens is 244 g/mol. The molecule has 2 unspecified atom stereocenters. The Labute approximate surface area is 113 Å². The van der Waals surface area contributed by atoms with Crippen molar-refractivity contribution in [3.05, 3.63) is 22.4 Å². The third-order valence-electron chi connectivity index (χ3n) is 3.61. The van der Waals surface area contributed by atoms with Gasteiger partial charge in [0.15, 0.2) is 0 Å². The maximum absolute atomic E-state index is 12.3. The van der Waals surface area contributed by atoms with Crippen molar-refractivity contribution in [1.82, 2.24) is 10.6 Å². The molecule has 0 radical (unpaired) electrons. The predicted octanol–water partition coefficient (Wildman–Crippen LogP) is 2.18. The number of carbonyl (C=O) groups excluding carboxylic acids is 1. The molecule has 0 aromatic carbocycles. The van der Waals surface area contributed by atoms with Crippen LogP contribution in [0.4, 0.5) is 0 Å². The Kier molecular flexibility index (Phi) is 4.40. The van der Waals surface area contributed by atoms with Gasteiger partial charge in [-0.1, -0.05) is 6.07 Å². The van der Waals surface area contributed by atoms with Gasteiger partial charge in [-0.05, 0) is 44.7 Å². The lowest BCUT2D eigenvalue weighted by atomic mass is 9.81. The summed E-state index contributed by atoms with van der Waals surface area (Å²) in [5.74, 6) is 0.193. The summed E-state index contributed by atoms with van der Waals surface area (Å²) in [5.41, 5.74) is -0.234. The minimum atomic E-state index is -0.234. The molecule has 4 heteroatoms. The topological polar surface area (TPSA) is 41.1 Å². The van der Waals surface area contributed by atoms with Gasteiger partial charge in [0, 0.05) is 23.9 Å². The Bertz CT molecular complexity index is 383. The van der Waals surface area contributed by atoms with E-state index in [2.05, 4.69) is 42.0 Å². The van der Waals surface area contributed by atoms with Crippen LogP contribution in [0.1, 0.15) is 31.6 Å². The second-order valence-corrected chi connectivity index (χ2v) is 6.53. The molecule has 1 fully saturated rings. The second-order valence-electron chi connectivity index (χ2n) is 5.50. The fraction of sp³-hybridized carbons (Fsp3) is 0.643. The zero-order valence-corrected chi connectivity index (χ0v) is 12.0. The molecule has 1 aromatic heterocycles. The number of thiophene rings is 1. The van der Waals surface area contributed by atoms with E-state index in [1.165, 1.54) is 4.88 Å². The molecule has 0 spiro atoms. The molecule has 0 saturated carbocycles. The maximum atomic E-state index is 12.3. The van der Waals surface area contributed by atoms with Gasteiger partial charge < -0.3 is 10.6 Å². The number of rotatable bonds is 4. The summed E-state index contributed by atoms with van der Waals surface area (Å²) in [6.07, 6.45) is 2.99. The lowest BCUT2D eigenvalue weighted by Crippen LogP contribution is -2.51. The summed E-state index contributed by atoms with van der Waals surface area (Å²) in [6.45, 7) is 5.97. The third-order valence-corrected chi connectivity index (χ3v) is 4.51. The highest BCUT2D eigenvalue weighted by molar-refractivity contribution is 7.09. The Morgan fingerprint density at radius 2 is 2.50 bits per heavy atom. The fourth-order valence-corrected chi connectivity index (χ4v) is 3.26. The first-order valence-corrected chi connectivity index (χ1v) is 7.52. The highest BCUT2D eigenvalue weighted by Crippen LogP contribution is 2.25. The van der Waals surface area contributed by atoms with E-state index in [-0.39, 0.29) is 17.4 Å². The summed E-state index contributed by atoms with van der Waals surface area (Å²) >= 11 is 1.75. The lowest BCUT2D eigenvalue weighted by molar-refractivity contribution is -0.131. The van der Waals surface area contributed by atoms with Gasteiger partial charge in [0.1, 0.15) is 0 Å². The number of hydrogen-bond acceptors (Lipinski definition) is 3. The van der Waals surface area contributed by atoms with E-state index in [4.69, 9.17) is 0 Å². The minimum Gasteiger partial charge on any atom is -0.353 e. The van der Waals surface area contributed by atoms with Crippen molar-refractivity contribution in [2.24, 2.45) is 5.41 Å². The molecule has 0 aliphatic carbocycles. The van der Waals surface area contributed by atoms with E-state index in [1.54, 1.807) is 11.3 Å². The molecule has 1 aliphatic rings. The zero-order valence-electron chi connectivity index (χ0n) is 11.2. The summed E-state index contributed by atoms with van der Waals surface area (Å²) in [7, 11) is 0. The summed E-state index contributed by atoms with van der Waals surface area (Å²) in [5, 5.41) is 8.55. The Hall–Kier alpha value is -0.870. The van der Waals surface area contributed by atoms with Gasteiger partial charge in [-0.3, -0.25) is 4.79 Å². The van der Waals surface area contributed by atoms with Crippen molar-refractivity contribution in [2.45, 2.75) is 39.2 Å². The van der Waals surface area contributed by atoms with E-state index in [0.717, 1.165) is 32.4 Å². The van der Waals surface area contributed by atoms with Crippen LogP contribution in [0.25, 0.3) is 0 Å². The van der Waals surface area contributed by atoms with Crippen molar-refractivity contribution in [2.75, 3.05) is 13.1 Å². The first-order chi connectivity index (χ1) is 8.60. The Morgan fingerprint density at radius 1 is 1.67 bits per heavy atom. The van der Waals surface area contributed by atoms with E-state index in [1.807, 2.05) is 0 Å². The SMILES string of the molecule is CC(Cc1cccs1)NC(=O)C1(C)CCCNC1. The number of piperidine rings is 1. The Balaban J connectivity index is 1.86. The fourth-order valence-electron chi connectivity index (χ4n) is 2.43. The smallest absolute Gasteiger partial charge is 0.227 e. The normalized spacial score (nSPS) is 25.7. The van der Waals surface area contributed by atoms with Crippen LogP contribution in [0.3, 0.4) is 0 Å². The average molecular weight is 266 g/mol. The summed E-state index contributed by atoms with van der Waals surface area (Å²) < 4.78 is 0. The molecule has 18 heavy (non-hydrogen) atoms. The van der Waals surface area contributed by atoms with E-state index >= 15 is 0 Å². The van der Waals surface area contributed by atoms with Gasteiger partial charge in [0.25, 0.3) is 0 Å². The monoisotopic (exact) mass is 266 g/mol. The van der Waals surface area contributed by atoms with Crippen molar-refractivity contribution in [3.63, 3.8) is 0 Å². The van der Waals surface area contributed by atoms with Crippen molar-refractivity contribution in [1.29, 1.82) is 0 Å². The van der Waals surface area contributed by atoms with Crippen LogP contribution in [0, 0.1) is 5.41 Å². The Morgan fingerprint density at radius 3 is 3.11 bits per heavy atom. The van der Waals surface area contributed by atoms with Crippen LogP contribution >= 0.6 is 11.3 Å². The zero-order chi connectivity index (χ0) is 13.0. The molecule has 2 atom stereocenters. The summed E-state index contributed by atoms with van der Waals surface area (Å²) in [4.78, 5) is 13.6. The highest BCUT2D eigenvalue weighted by atomic mass is 32.1. The number of nitrogens with one attached hydrogen (secondary N) is 2. The average Bonchev–Trinajstić information content (AvgIpc) is 2.82. The molecule has 1 amide bonds. The second kappa shape index (κ2) is 5.85. The van der Waals surface area contributed by atoms with E-state index < -0.39 is 0 Å². The molecule has 1 saturated heterocycles. The van der Waals surface area contributed by atoms with E-state index in [9.17, 15) is 4.79 Å². The van der Waals surface area contributed by atoms with Gasteiger partial charge in [-0.25, -0.2) is 0 Å². The number of hydrogen-bond donors (Lipinski definition) is 2. The quantitative estimate of drug-likeness (QED) is 0.877. The first-order valence-electron chi connectivity index (χ1n) is 6.64. The van der Waals surface area contributed by atoms with Crippen LogP contribution in [0.5, 0.6) is 0 Å². The molecule has 2 rings (SSSR count). The molecule has 2 heterocycles. The molecule has 1 aromatic rings. The molecule has 100 valence electrons. The summed E-state index contributed by atoms with van der Waals surface area (Å²) in [6, 6.07) is 4.38. The lowest BCUT2D eigenvalue weighted by Gasteiger charge is -2.33. The predicted molar refractivity (Wildman–Crippen MR) is 75.8 cm³/mol. The van der Waals surface area contributed by atoms with E-state index in [0.29, 0.717) is 0 Å². The standard InChI is InChI=1S/C14H22N2OS/c1-11(9-12-5-3-8-18-12)16-13(17)14(2)6-4-7-15-10-14/h3,5,8,11,15H,4,6-7,9-10H2,1-2H3,(H,16,17). The number of amides is 1. The minimum absolute atomic E-state index is 0.193. The molecule has 1 aliphatic heterocycles. The van der Waals surface area contributed by atoms with Crippen LogP contribution in [0.15, 0.2) is 17.5 Å². The number of carbonyl (C=O) groups is 1. The van der Waals surface area contributed by atoms with Crippen molar-refractivity contribution in [3.8, 4) is 0 Å². The third kappa shape index (κ3) is 3.33. The largest absolute Gasteiger partial charge is 0.353 e. The highest BCUT2D eigenvalue weighted by Gasteiger charge is 2.34. The van der Waals surface area contributed by atoms with Crippen LogP contribution < -0.4 is 10.6 Å². The molecule has 3 nitrogen and oxygen atoms in total. The molecule has 2 N–H and O–H groups in total. The van der Waals surface area contributed by atoms with Gasteiger partial charge in [-0.2, -0.15) is 0 Å². The van der Waals surface area contributed by atoms with Crippen LogP contribution in [0.2, 0.25) is 0 Å². The van der Waals surface area contributed by atoms with Crippen LogP contribution in [-0.2, 0) is 11.2 Å². The van der Waals surface area contributed by atoms with Gasteiger partial charge in [0.2, 0.25) is 5.91 Å². The van der Waals surface area contributed by atoms with Gasteiger partial charge in [-0.15, -0.1) is 11.3 Å². The van der Waals surface area contributed by atoms with Crippen molar-refractivity contribution < 1.29 is 4.79 Å². The first kappa shape index (κ1) is 13.6. The molecule has 0 bridgehead atoms. The maximum Gasteiger partial charge on any atom is 0.227 e. The van der Waals surface area contributed by atoms with Gasteiger partial charge >= 0.3 is 0 Å². The van der Waals surface area contributed by atoms with Crippen LogP contribution in [-0.4, -0.2) is 25.0 Å². The molecular formula is C14H22N2OS. The van der Waals surface area contributed by atoms with Crippen molar-refractivity contribution >= 4 is 17.2 Å².